The van der Waals surface area contributed by atoms with Crippen LogP contribution in [0.4, 0.5) is 0 Å². The van der Waals surface area contributed by atoms with Crippen molar-refractivity contribution in [3.05, 3.63) is 27.7 Å². The maximum Gasteiger partial charge on any atom is 0.143 e. The summed E-state index contributed by atoms with van der Waals surface area (Å²) >= 11 is 12.1. The Morgan fingerprint density at radius 1 is 1.00 bits per heavy atom. The maximum absolute atomic E-state index is 11.9. The average Bonchev–Trinajstić information content (AvgIpc) is 3.02. The summed E-state index contributed by atoms with van der Waals surface area (Å²) < 4.78 is 0. The normalized spacial score (nSPS) is 43.7. The lowest BCUT2D eigenvalue weighted by Crippen LogP contribution is -2.56. The Morgan fingerprint density at radius 3 is 2.59 bits per heavy atom. The Bertz CT molecular complexity index is 919. The molecule has 2 N–H and O–H groups in total. The zero-order chi connectivity index (χ0) is 22.7. The molecule has 1 aromatic rings. The molecule has 4 saturated carbocycles. The van der Waals surface area contributed by atoms with E-state index in [1.54, 1.807) is 12.3 Å². The molecule has 4 aliphatic carbocycles. The van der Waals surface area contributed by atoms with Gasteiger partial charge in [0.05, 0.1) is 17.2 Å². The molecule has 0 spiro atoms. The number of aliphatic hydroxyl groups is 1. The molecule has 4 fully saturated rings. The molecule has 0 unspecified atom stereocenters. The molecule has 0 aliphatic heterocycles. The van der Waals surface area contributed by atoms with Crippen molar-refractivity contribution in [3.8, 4) is 5.75 Å². The first kappa shape index (κ1) is 23.0. The van der Waals surface area contributed by atoms with E-state index in [-0.39, 0.29) is 16.2 Å². The van der Waals surface area contributed by atoms with Gasteiger partial charge in [0.25, 0.3) is 0 Å². The van der Waals surface area contributed by atoms with Gasteiger partial charge in [-0.15, -0.1) is 0 Å². The molecule has 4 aliphatic rings. The smallest absolute Gasteiger partial charge is 0.143 e. The summed E-state index contributed by atoms with van der Waals surface area (Å²) in [5.41, 5.74) is 0.141. The minimum absolute atomic E-state index is 0.0136. The van der Waals surface area contributed by atoms with Crippen molar-refractivity contribution >= 4 is 29.4 Å². The molecule has 5 heteroatoms. The van der Waals surface area contributed by atoms with E-state index in [0.29, 0.717) is 28.5 Å². The average molecular weight is 479 g/mol. The number of hydrogen-bond donors (Lipinski definition) is 2. The van der Waals surface area contributed by atoms with Gasteiger partial charge in [0.1, 0.15) is 5.75 Å². The molecular formula is C27H37Cl2NO2. The lowest BCUT2D eigenvalue weighted by molar-refractivity contribution is -0.147. The summed E-state index contributed by atoms with van der Waals surface area (Å²) in [4.78, 5) is 4.61. The third-order valence-electron chi connectivity index (χ3n) is 10.5. The monoisotopic (exact) mass is 477 g/mol. The molecule has 0 radical (unpaired) electrons. The number of aromatic hydroxyl groups is 1. The molecule has 3 nitrogen and oxygen atoms in total. The summed E-state index contributed by atoms with van der Waals surface area (Å²) in [6.07, 6.45) is 14.3. The molecule has 0 amide bonds. The van der Waals surface area contributed by atoms with Crippen molar-refractivity contribution in [2.45, 2.75) is 83.7 Å². The van der Waals surface area contributed by atoms with Gasteiger partial charge in [0, 0.05) is 22.2 Å². The van der Waals surface area contributed by atoms with Crippen molar-refractivity contribution in [2.75, 3.05) is 6.54 Å². The zero-order valence-electron chi connectivity index (χ0n) is 19.4. The lowest BCUT2D eigenvalue weighted by atomic mass is 9.44. The highest BCUT2D eigenvalue weighted by Crippen LogP contribution is 2.68. The summed E-state index contributed by atoms with van der Waals surface area (Å²) in [5.74, 6) is 3.08. The summed E-state index contributed by atoms with van der Waals surface area (Å²) in [6, 6.07) is 3.18. The fraction of sp³-hybridized carbons (Fsp3) is 0.741. The molecule has 0 saturated heterocycles. The van der Waals surface area contributed by atoms with E-state index in [1.807, 2.05) is 0 Å². The van der Waals surface area contributed by atoms with E-state index in [2.05, 4.69) is 18.8 Å². The minimum atomic E-state index is -0.790. The molecule has 32 heavy (non-hydrogen) atoms. The molecule has 5 rings (SSSR count). The lowest BCUT2D eigenvalue weighted by Gasteiger charge is -2.61. The van der Waals surface area contributed by atoms with Gasteiger partial charge in [-0.1, -0.05) is 49.9 Å². The van der Waals surface area contributed by atoms with Crippen LogP contribution < -0.4 is 0 Å². The first-order chi connectivity index (χ1) is 15.2. The second kappa shape index (κ2) is 8.17. The number of nitrogens with zero attached hydrogens (tertiary/aromatic N) is 1. The Balaban J connectivity index is 1.35. The summed E-state index contributed by atoms with van der Waals surface area (Å²) in [6.45, 7) is 5.30. The highest BCUT2D eigenvalue weighted by atomic mass is 35.5. The van der Waals surface area contributed by atoms with E-state index in [4.69, 9.17) is 23.2 Å². The van der Waals surface area contributed by atoms with Crippen LogP contribution in [0.5, 0.6) is 5.75 Å². The molecule has 0 bridgehead atoms. The highest BCUT2D eigenvalue weighted by molar-refractivity contribution is 6.36. The van der Waals surface area contributed by atoms with Crippen LogP contribution in [0.1, 0.15) is 83.6 Å². The number of halogens is 2. The Hall–Kier alpha value is -0.770. The number of rotatable bonds is 3. The highest BCUT2D eigenvalue weighted by Gasteiger charge is 2.64. The molecule has 1 aromatic carbocycles. The Labute approximate surface area is 202 Å². The van der Waals surface area contributed by atoms with Crippen LogP contribution in [0.2, 0.25) is 10.0 Å². The van der Waals surface area contributed by atoms with Gasteiger partial charge in [0.2, 0.25) is 0 Å². The van der Waals surface area contributed by atoms with E-state index < -0.39 is 5.60 Å². The standard InChI is InChI=1S/C27H37Cl2NO2/c1-25-10-4-3-5-18(25)6-7-20-21(25)8-11-26(2)22(20)9-12-27(26,32)16-30-15-17-13-19(28)14-23(29)24(17)31/h13-15,18,20-22,31-32H,3-12,16H2,1-2H3/t18-,20+,21-,22-,25-,26-,27+/m0/s1. The van der Waals surface area contributed by atoms with Crippen LogP contribution in [0, 0.1) is 34.5 Å². The molecule has 0 aromatic heterocycles. The van der Waals surface area contributed by atoms with Gasteiger partial charge in [0.15, 0.2) is 0 Å². The molecule has 7 atom stereocenters. The van der Waals surface area contributed by atoms with Crippen molar-refractivity contribution in [2.24, 2.45) is 39.5 Å². The van der Waals surface area contributed by atoms with Crippen LogP contribution in [0.25, 0.3) is 0 Å². The van der Waals surface area contributed by atoms with Gasteiger partial charge in [-0.3, -0.25) is 4.99 Å². The summed E-state index contributed by atoms with van der Waals surface area (Å²) in [5, 5.41) is 22.8. The number of aliphatic imine (C=N–C) groups is 1. The largest absolute Gasteiger partial charge is 0.506 e. The molecule has 176 valence electrons. The van der Waals surface area contributed by atoms with Gasteiger partial charge < -0.3 is 10.2 Å². The van der Waals surface area contributed by atoms with Crippen LogP contribution in [-0.2, 0) is 0 Å². The number of benzene rings is 1. The van der Waals surface area contributed by atoms with Crippen molar-refractivity contribution in [3.63, 3.8) is 0 Å². The third-order valence-corrected chi connectivity index (χ3v) is 11.1. The van der Waals surface area contributed by atoms with Crippen LogP contribution >= 0.6 is 23.2 Å². The van der Waals surface area contributed by atoms with Crippen LogP contribution in [-0.4, -0.2) is 28.6 Å². The minimum Gasteiger partial charge on any atom is -0.506 e. The number of hydrogen-bond acceptors (Lipinski definition) is 3. The fourth-order valence-corrected chi connectivity index (χ4v) is 9.15. The van der Waals surface area contributed by atoms with Gasteiger partial charge in [-0.05, 0) is 92.6 Å². The maximum atomic E-state index is 11.9. The number of phenolic OH excluding ortho intramolecular Hbond substituents is 1. The number of fused-ring (bicyclic) bond motifs is 5. The van der Waals surface area contributed by atoms with E-state index in [9.17, 15) is 10.2 Å². The van der Waals surface area contributed by atoms with Crippen LogP contribution in [0.15, 0.2) is 17.1 Å². The van der Waals surface area contributed by atoms with E-state index in [0.717, 1.165) is 37.0 Å². The third kappa shape index (κ3) is 3.45. The molecular weight excluding hydrogens is 441 g/mol. The van der Waals surface area contributed by atoms with E-state index >= 15 is 0 Å². The first-order valence-electron chi connectivity index (χ1n) is 12.6. The fourth-order valence-electron chi connectivity index (χ4n) is 8.64. The van der Waals surface area contributed by atoms with Crippen molar-refractivity contribution in [1.29, 1.82) is 0 Å². The Morgan fingerprint density at radius 2 is 1.78 bits per heavy atom. The van der Waals surface area contributed by atoms with Crippen molar-refractivity contribution in [1.82, 2.24) is 0 Å². The SMILES string of the molecule is C[C@]12CCCC[C@H]1CC[C@@H]1[C@@H]2CC[C@@]2(C)[C@H]1CC[C@@]2(O)CN=Cc1cc(Cl)cc(Cl)c1O. The molecule has 0 heterocycles. The predicted octanol–water partition coefficient (Wildman–Crippen LogP) is 7.28. The second-order valence-corrected chi connectivity index (χ2v) is 12.6. The van der Waals surface area contributed by atoms with Crippen molar-refractivity contribution < 1.29 is 10.2 Å². The quantitative estimate of drug-likeness (QED) is 0.449. The van der Waals surface area contributed by atoms with E-state index in [1.165, 1.54) is 51.0 Å². The predicted molar refractivity (Wildman–Crippen MR) is 132 cm³/mol. The van der Waals surface area contributed by atoms with Crippen LogP contribution in [0.3, 0.4) is 0 Å². The second-order valence-electron chi connectivity index (χ2n) is 11.7. The summed E-state index contributed by atoms with van der Waals surface area (Å²) in [7, 11) is 0. The van der Waals surface area contributed by atoms with Gasteiger partial charge in [-0.2, -0.15) is 0 Å². The first-order valence-corrected chi connectivity index (χ1v) is 13.3. The number of phenols is 1. The zero-order valence-corrected chi connectivity index (χ0v) is 20.9. The topological polar surface area (TPSA) is 52.8 Å². The van der Waals surface area contributed by atoms with Gasteiger partial charge >= 0.3 is 0 Å². The van der Waals surface area contributed by atoms with Gasteiger partial charge in [-0.25, -0.2) is 0 Å². The Kier molecular flexibility index (Phi) is 5.87.